The van der Waals surface area contributed by atoms with Gasteiger partial charge in [-0.3, -0.25) is 4.79 Å². The zero-order valence-corrected chi connectivity index (χ0v) is 18.2. The Kier molecular flexibility index (Phi) is 6.63. The number of nitrogens with one attached hydrogen (secondary N) is 1. The number of carboxylic acid groups (broad SMARTS) is 1. The molecule has 7 nitrogen and oxygen atoms in total. The number of carbonyl (C=O) groups is 3. The van der Waals surface area contributed by atoms with E-state index in [0.29, 0.717) is 0 Å². The Bertz CT molecular complexity index is 944. The van der Waals surface area contributed by atoms with Gasteiger partial charge >= 0.3 is 12.1 Å². The molecular formula is C24H28N2O5. The number of amides is 2. The first kappa shape index (κ1) is 22.3. The van der Waals surface area contributed by atoms with E-state index in [4.69, 9.17) is 9.84 Å². The summed E-state index contributed by atoms with van der Waals surface area (Å²) in [5.41, 5.74) is 4.54. The number of carboxylic acids is 1. The topological polar surface area (TPSA) is 95.9 Å². The Morgan fingerprint density at radius 1 is 1.00 bits per heavy atom. The first-order valence-corrected chi connectivity index (χ1v) is 10.3. The number of hydrogen-bond acceptors (Lipinski definition) is 4. The Morgan fingerprint density at radius 2 is 1.52 bits per heavy atom. The second-order valence-electron chi connectivity index (χ2n) is 8.01. The summed E-state index contributed by atoms with van der Waals surface area (Å²) in [6.07, 6.45) is -0.608. The Labute approximate surface area is 182 Å². The van der Waals surface area contributed by atoms with Crippen molar-refractivity contribution in [3.8, 4) is 11.1 Å². The van der Waals surface area contributed by atoms with Crippen molar-refractivity contribution in [2.45, 2.75) is 38.8 Å². The van der Waals surface area contributed by atoms with Crippen molar-refractivity contribution in [2.24, 2.45) is 5.92 Å². The number of hydrogen-bond donors (Lipinski definition) is 2. The molecule has 2 unspecified atom stereocenters. The quantitative estimate of drug-likeness (QED) is 0.709. The van der Waals surface area contributed by atoms with Crippen molar-refractivity contribution < 1.29 is 24.2 Å². The van der Waals surface area contributed by atoms with E-state index >= 15 is 0 Å². The van der Waals surface area contributed by atoms with Crippen molar-refractivity contribution in [1.82, 2.24) is 10.2 Å². The molecule has 0 heterocycles. The molecule has 164 valence electrons. The van der Waals surface area contributed by atoms with Crippen LogP contribution in [0.5, 0.6) is 0 Å². The van der Waals surface area contributed by atoms with Gasteiger partial charge in [0.15, 0.2) is 0 Å². The van der Waals surface area contributed by atoms with Gasteiger partial charge in [0.2, 0.25) is 5.91 Å². The Balaban J connectivity index is 1.60. The number of benzene rings is 2. The highest BCUT2D eigenvalue weighted by molar-refractivity contribution is 5.85. The van der Waals surface area contributed by atoms with Crippen molar-refractivity contribution in [3.63, 3.8) is 0 Å². The average Bonchev–Trinajstić information content (AvgIpc) is 3.09. The number of nitrogens with zero attached hydrogens (tertiary/aromatic N) is 1. The highest BCUT2D eigenvalue weighted by Gasteiger charge is 2.31. The van der Waals surface area contributed by atoms with Crippen LogP contribution in [0, 0.1) is 5.92 Å². The summed E-state index contributed by atoms with van der Waals surface area (Å²) in [5, 5.41) is 11.8. The highest BCUT2D eigenvalue weighted by atomic mass is 16.5. The SMILES string of the molecule is CC(NC(=O)OCC1c2ccccc2-c2ccccc21)C(C)C(=O)N(C)[C@@H](C)C(=O)O. The number of alkyl carbamates (subject to hydrolysis) is 1. The molecule has 3 rings (SSSR count). The fourth-order valence-corrected chi connectivity index (χ4v) is 3.84. The summed E-state index contributed by atoms with van der Waals surface area (Å²) in [6, 6.07) is 14.7. The maximum absolute atomic E-state index is 12.5. The lowest BCUT2D eigenvalue weighted by atomic mass is 9.98. The van der Waals surface area contributed by atoms with Crippen LogP contribution in [-0.4, -0.2) is 53.7 Å². The van der Waals surface area contributed by atoms with Gasteiger partial charge in [0.05, 0.1) is 5.92 Å². The molecule has 0 fully saturated rings. The third-order valence-electron chi connectivity index (χ3n) is 6.11. The lowest BCUT2D eigenvalue weighted by Gasteiger charge is -2.28. The van der Waals surface area contributed by atoms with Crippen LogP contribution in [0.25, 0.3) is 11.1 Å². The molecule has 2 amide bonds. The molecule has 31 heavy (non-hydrogen) atoms. The molecule has 0 saturated heterocycles. The summed E-state index contributed by atoms with van der Waals surface area (Å²) in [6.45, 7) is 4.98. The highest BCUT2D eigenvalue weighted by Crippen LogP contribution is 2.44. The smallest absolute Gasteiger partial charge is 0.407 e. The van der Waals surface area contributed by atoms with Gasteiger partial charge in [-0.1, -0.05) is 55.5 Å². The van der Waals surface area contributed by atoms with E-state index in [1.54, 1.807) is 13.8 Å². The molecule has 2 aromatic carbocycles. The molecule has 0 aliphatic heterocycles. The van der Waals surface area contributed by atoms with E-state index < -0.39 is 30.1 Å². The normalized spacial score (nSPS) is 15.2. The summed E-state index contributed by atoms with van der Waals surface area (Å²) in [4.78, 5) is 37.2. The van der Waals surface area contributed by atoms with Gasteiger partial charge in [0, 0.05) is 19.0 Å². The van der Waals surface area contributed by atoms with Crippen LogP contribution >= 0.6 is 0 Å². The first-order valence-electron chi connectivity index (χ1n) is 10.3. The molecule has 3 atom stereocenters. The number of carbonyl (C=O) groups excluding carboxylic acids is 2. The van der Waals surface area contributed by atoms with E-state index in [0.717, 1.165) is 22.3 Å². The number of fused-ring (bicyclic) bond motifs is 3. The predicted molar refractivity (Wildman–Crippen MR) is 117 cm³/mol. The number of likely N-dealkylation sites (N-methyl/N-ethyl adjacent to an activating group) is 1. The average molecular weight is 424 g/mol. The van der Waals surface area contributed by atoms with Gasteiger partial charge in [0.1, 0.15) is 12.6 Å². The van der Waals surface area contributed by atoms with Crippen LogP contribution in [0.3, 0.4) is 0 Å². The molecule has 0 radical (unpaired) electrons. The van der Waals surface area contributed by atoms with Crippen LogP contribution in [0.2, 0.25) is 0 Å². The Hall–Kier alpha value is -3.35. The zero-order chi connectivity index (χ0) is 22.7. The molecule has 2 N–H and O–H groups in total. The van der Waals surface area contributed by atoms with Gasteiger partial charge in [-0.25, -0.2) is 9.59 Å². The molecule has 0 aromatic heterocycles. The summed E-state index contributed by atoms with van der Waals surface area (Å²) >= 11 is 0. The number of aliphatic carboxylic acids is 1. The standard InChI is InChI=1S/C24H28N2O5/c1-14(22(27)26(4)16(3)23(28)29)15(2)25-24(30)31-13-21-19-11-7-5-9-17(19)18-10-6-8-12-20(18)21/h5-12,14-16,21H,13H2,1-4H3,(H,25,30)(H,28,29)/t14?,15?,16-/m0/s1. The summed E-state index contributed by atoms with van der Waals surface area (Å²) < 4.78 is 5.52. The van der Waals surface area contributed by atoms with E-state index in [1.807, 2.05) is 36.4 Å². The minimum Gasteiger partial charge on any atom is -0.480 e. The maximum Gasteiger partial charge on any atom is 0.407 e. The molecule has 0 saturated carbocycles. The minimum absolute atomic E-state index is 0.0462. The van der Waals surface area contributed by atoms with Crippen LogP contribution in [-0.2, 0) is 14.3 Å². The van der Waals surface area contributed by atoms with Crippen molar-refractivity contribution in [1.29, 1.82) is 0 Å². The number of rotatable bonds is 7. The van der Waals surface area contributed by atoms with Crippen LogP contribution in [0.1, 0.15) is 37.8 Å². The third kappa shape index (κ3) is 4.55. The van der Waals surface area contributed by atoms with Gasteiger partial charge in [-0.15, -0.1) is 0 Å². The lowest BCUT2D eigenvalue weighted by Crippen LogP contribution is -2.48. The monoisotopic (exact) mass is 424 g/mol. The molecule has 1 aliphatic rings. The fraction of sp³-hybridized carbons (Fsp3) is 0.375. The molecule has 2 aromatic rings. The second kappa shape index (κ2) is 9.20. The van der Waals surface area contributed by atoms with Gasteiger partial charge in [0.25, 0.3) is 0 Å². The minimum atomic E-state index is -1.08. The van der Waals surface area contributed by atoms with E-state index in [1.165, 1.54) is 18.9 Å². The van der Waals surface area contributed by atoms with Crippen molar-refractivity contribution in [2.75, 3.05) is 13.7 Å². The largest absolute Gasteiger partial charge is 0.480 e. The molecule has 1 aliphatic carbocycles. The molecule has 7 heteroatoms. The van der Waals surface area contributed by atoms with E-state index in [-0.39, 0.29) is 18.4 Å². The fourth-order valence-electron chi connectivity index (χ4n) is 3.84. The van der Waals surface area contributed by atoms with E-state index in [9.17, 15) is 14.4 Å². The van der Waals surface area contributed by atoms with Crippen LogP contribution < -0.4 is 5.32 Å². The third-order valence-corrected chi connectivity index (χ3v) is 6.11. The zero-order valence-electron chi connectivity index (χ0n) is 18.2. The predicted octanol–water partition coefficient (Wildman–Crippen LogP) is 3.48. The molecular weight excluding hydrogens is 396 g/mol. The van der Waals surface area contributed by atoms with Gasteiger partial charge < -0.3 is 20.1 Å². The van der Waals surface area contributed by atoms with Crippen LogP contribution in [0.4, 0.5) is 4.79 Å². The first-order chi connectivity index (χ1) is 14.7. The van der Waals surface area contributed by atoms with Gasteiger partial charge in [-0.05, 0) is 36.1 Å². The van der Waals surface area contributed by atoms with Crippen LogP contribution in [0.15, 0.2) is 48.5 Å². The van der Waals surface area contributed by atoms with Gasteiger partial charge in [-0.2, -0.15) is 0 Å². The lowest BCUT2D eigenvalue weighted by molar-refractivity contribution is -0.150. The maximum atomic E-state index is 12.5. The summed E-state index contributed by atoms with van der Waals surface area (Å²) in [5.74, 6) is -2.09. The number of ether oxygens (including phenoxy) is 1. The summed E-state index contributed by atoms with van der Waals surface area (Å²) in [7, 11) is 1.44. The second-order valence-corrected chi connectivity index (χ2v) is 8.01. The Morgan fingerprint density at radius 3 is 2.03 bits per heavy atom. The molecule has 0 bridgehead atoms. The van der Waals surface area contributed by atoms with E-state index in [2.05, 4.69) is 17.4 Å². The van der Waals surface area contributed by atoms with Crippen molar-refractivity contribution in [3.05, 3.63) is 59.7 Å². The molecule has 0 spiro atoms. The van der Waals surface area contributed by atoms with Crippen molar-refractivity contribution >= 4 is 18.0 Å².